The van der Waals surface area contributed by atoms with Gasteiger partial charge in [0.05, 0.1) is 5.39 Å². The SMILES string of the molecule is CCCn1c(=O)sc2ccccc2c1=O. The first-order chi connectivity index (χ1) is 7.24. The van der Waals surface area contributed by atoms with Crippen molar-refractivity contribution in [2.75, 3.05) is 0 Å². The lowest BCUT2D eigenvalue weighted by Gasteiger charge is -2.02. The summed E-state index contributed by atoms with van der Waals surface area (Å²) in [6.07, 6.45) is 0.792. The molecular weight excluding hydrogens is 210 g/mol. The second-order valence-corrected chi connectivity index (χ2v) is 4.31. The van der Waals surface area contributed by atoms with Gasteiger partial charge in [0, 0.05) is 11.2 Å². The Hall–Kier alpha value is -1.42. The zero-order valence-corrected chi connectivity index (χ0v) is 9.21. The third kappa shape index (κ3) is 1.72. The van der Waals surface area contributed by atoms with Gasteiger partial charge < -0.3 is 0 Å². The van der Waals surface area contributed by atoms with Gasteiger partial charge in [0.25, 0.3) is 5.56 Å². The molecule has 15 heavy (non-hydrogen) atoms. The van der Waals surface area contributed by atoms with E-state index in [0.29, 0.717) is 11.9 Å². The van der Waals surface area contributed by atoms with Gasteiger partial charge in [-0.25, -0.2) is 0 Å². The van der Waals surface area contributed by atoms with Crippen LogP contribution in [0, 0.1) is 0 Å². The standard InChI is InChI=1S/C11H11NO2S/c1-2-7-12-10(13)8-5-3-4-6-9(8)15-11(12)14/h3-6H,2,7H2,1H3. The predicted octanol–water partition coefficient (Wildman–Crippen LogP) is 1.83. The topological polar surface area (TPSA) is 39.1 Å². The molecule has 0 aliphatic rings. The van der Waals surface area contributed by atoms with Crippen molar-refractivity contribution in [2.24, 2.45) is 0 Å². The van der Waals surface area contributed by atoms with Crippen molar-refractivity contribution < 1.29 is 0 Å². The van der Waals surface area contributed by atoms with E-state index in [1.54, 1.807) is 12.1 Å². The Morgan fingerprint density at radius 1 is 1.27 bits per heavy atom. The number of hydrogen-bond acceptors (Lipinski definition) is 3. The van der Waals surface area contributed by atoms with Crippen LogP contribution < -0.4 is 10.4 Å². The van der Waals surface area contributed by atoms with E-state index in [9.17, 15) is 9.59 Å². The maximum absolute atomic E-state index is 11.9. The van der Waals surface area contributed by atoms with Gasteiger partial charge in [-0.3, -0.25) is 14.2 Å². The van der Waals surface area contributed by atoms with Crippen LogP contribution in [0.4, 0.5) is 0 Å². The lowest BCUT2D eigenvalue weighted by atomic mass is 10.3. The molecule has 1 aromatic carbocycles. The largest absolute Gasteiger partial charge is 0.310 e. The molecule has 0 atom stereocenters. The van der Waals surface area contributed by atoms with Crippen molar-refractivity contribution in [3.05, 3.63) is 44.3 Å². The Labute approximate surface area is 90.6 Å². The lowest BCUT2D eigenvalue weighted by Crippen LogP contribution is -2.30. The molecule has 1 heterocycles. The molecule has 0 amide bonds. The smallest absolute Gasteiger partial charge is 0.269 e. The monoisotopic (exact) mass is 221 g/mol. The Balaban J connectivity index is 2.85. The molecule has 0 bridgehead atoms. The van der Waals surface area contributed by atoms with Crippen LogP contribution in [0.5, 0.6) is 0 Å². The first-order valence-electron chi connectivity index (χ1n) is 4.86. The van der Waals surface area contributed by atoms with Crippen molar-refractivity contribution in [3.8, 4) is 0 Å². The molecule has 0 spiro atoms. The molecule has 78 valence electrons. The number of aromatic nitrogens is 1. The molecular formula is C11H11NO2S. The minimum Gasteiger partial charge on any atom is -0.269 e. The molecule has 0 unspecified atom stereocenters. The van der Waals surface area contributed by atoms with Crippen LogP contribution in [-0.4, -0.2) is 4.57 Å². The van der Waals surface area contributed by atoms with Gasteiger partial charge in [-0.15, -0.1) is 0 Å². The summed E-state index contributed by atoms with van der Waals surface area (Å²) < 4.78 is 2.08. The van der Waals surface area contributed by atoms with Crippen LogP contribution in [0.2, 0.25) is 0 Å². The van der Waals surface area contributed by atoms with Crippen LogP contribution in [0.3, 0.4) is 0 Å². The molecule has 2 aromatic rings. The third-order valence-corrected chi connectivity index (χ3v) is 3.20. The molecule has 0 aliphatic heterocycles. The number of benzene rings is 1. The predicted molar refractivity (Wildman–Crippen MR) is 62.6 cm³/mol. The van der Waals surface area contributed by atoms with E-state index < -0.39 is 0 Å². The van der Waals surface area contributed by atoms with Crippen molar-refractivity contribution in [2.45, 2.75) is 19.9 Å². The summed E-state index contributed by atoms with van der Waals surface area (Å²) in [7, 11) is 0. The van der Waals surface area contributed by atoms with Gasteiger partial charge in [-0.2, -0.15) is 0 Å². The Kier molecular flexibility index (Phi) is 2.68. The van der Waals surface area contributed by atoms with E-state index in [0.717, 1.165) is 22.5 Å². The fourth-order valence-corrected chi connectivity index (χ4v) is 2.41. The third-order valence-electron chi connectivity index (χ3n) is 2.23. The highest BCUT2D eigenvalue weighted by Gasteiger charge is 2.05. The molecule has 0 saturated carbocycles. The molecule has 0 saturated heterocycles. The summed E-state index contributed by atoms with van der Waals surface area (Å²) in [5.74, 6) is 0. The Morgan fingerprint density at radius 2 is 2.00 bits per heavy atom. The summed E-state index contributed by atoms with van der Waals surface area (Å²) in [4.78, 5) is 23.4. The van der Waals surface area contributed by atoms with E-state index in [1.807, 2.05) is 19.1 Å². The van der Waals surface area contributed by atoms with Gasteiger partial charge >= 0.3 is 4.87 Å². The molecule has 0 aliphatic carbocycles. The average molecular weight is 221 g/mol. The fraction of sp³-hybridized carbons (Fsp3) is 0.273. The second-order valence-electron chi connectivity index (χ2n) is 3.32. The zero-order chi connectivity index (χ0) is 10.8. The van der Waals surface area contributed by atoms with Crippen LogP contribution in [0.15, 0.2) is 33.9 Å². The minimum absolute atomic E-state index is 0.166. The first-order valence-corrected chi connectivity index (χ1v) is 5.68. The zero-order valence-electron chi connectivity index (χ0n) is 8.40. The van der Waals surface area contributed by atoms with Crippen LogP contribution in [0.1, 0.15) is 13.3 Å². The number of fused-ring (bicyclic) bond motifs is 1. The van der Waals surface area contributed by atoms with E-state index >= 15 is 0 Å². The Bertz CT molecular complexity index is 597. The molecule has 0 radical (unpaired) electrons. The Morgan fingerprint density at radius 3 is 2.73 bits per heavy atom. The van der Waals surface area contributed by atoms with E-state index in [2.05, 4.69) is 0 Å². The molecule has 0 fully saturated rings. The lowest BCUT2D eigenvalue weighted by molar-refractivity contribution is 0.648. The first kappa shape index (κ1) is 10.1. The van der Waals surface area contributed by atoms with Gasteiger partial charge in [0.15, 0.2) is 0 Å². The quantitative estimate of drug-likeness (QED) is 0.776. The molecule has 4 heteroatoms. The molecule has 1 aromatic heterocycles. The minimum atomic E-state index is -0.170. The van der Waals surface area contributed by atoms with Crippen LogP contribution in [0.25, 0.3) is 10.1 Å². The molecule has 0 N–H and O–H groups in total. The highest BCUT2D eigenvalue weighted by atomic mass is 32.1. The van der Waals surface area contributed by atoms with Crippen LogP contribution >= 0.6 is 11.3 Å². The summed E-state index contributed by atoms with van der Waals surface area (Å²) >= 11 is 1.13. The number of nitrogens with zero attached hydrogens (tertiary/aromatic N) is 1. The molecule has 2 rings (SSSR count). The van der Waals surface area contributed by atoms with E-state index in [1.165, 1.54) is 4.57 Å². The van der Waals surface area contributed by atoms with E-state index in [4.69, 9.17) is 0 Å². The van der Waals surface area contributed by atoms with Crippen molar-refractivity contribution >= 4 is 21.4 Å². The maximum atomic E-state index is 11.9. The average Bonchev–Trinajstić information content (AvgIpc) is 2.24. The van der Waals surface area contributed by atoms with Crippen molar-refractivity contribution in [3.63, 3.8) is 0 Å². The summed E-state index contributed by atoms with van der Waals surface area (Å²) in [5, 5.41) is 0.635. The fourth-order valence-electron chi connectivity index (χ4n) is 1.53. The van der Waals surface area contributed by atoms with Crippen LogP contribution in [-0.2, 0) is 6.54 Å². The summed E-state index contributed by atoms with van der Waals surface area (Å²) in [5.41, 5.74) is -0.170. The van der Waals surface area contributed by atoms with Gasteiger partial charge in [-0.05, 0) is 18.6 Å². The normalized spacial score (nSPS) is 10.7. The highest BCUT2D eigenvalue weighted by molar-refractivity contribution is 7.16. The maximum Gasteiger partial charge on any atom is 0.310 e. The van der Waals surface area contributed by atoms with Crippen molar-refractivity contribution in [1.29, 1.82) is 0 Å². The van der Waals surface area contributed by atoms with Gasteiger partial charge in [0.2, 0.25) is 0 Å². The molecule has 3 nitrogen and oxygen atoms in total. The summed E-state index contributed by atoms with van der Waals surface area (Å²) in [6, 6.07) is 7.22. The number of rotatable bonds is 2. The second kappa shape index (κ2) is 3.98. The van der Waals surface area contributed by atoms with Gasteiger partial charge in [0.1, 0.15) is 0 Å². The van der Waals surface area contributed by atoms with Crippen molar-refractivity contribution in [1.82, 2.24) is 4.57 Å². The van der Waals surface area contributed by atoms with Gasteiger partial charge in [-0.1, -0.05) is 30.4 Å². The van der Waals surface area contributed by atoms with E-state index in [-0.39, 0.29) is 10.4 Å². The number of hydrogen-bond donors (Lipinski definition) is 0. The highest BCUT2D eigenvalue weighted by Crippen LogP contribution is 2.10. The summed E-state index contributed by atoms with van der Waals surface area (Å²) in [6.45, 7) is 2.45.